The molecule has 1 unspecified atom stereocenters. The van der Waals surface area contributed by atoms with Crippen LogP contribution in [0.25, 0.3) is 0 Å². The SMILES string of the molecule is CCCNc1ncnc(NC2CNC(=O)C2)c1OC. The highest BCUT2D eigenvalue weighted by atomic mass is 16.5. The normalized spacial score (nSPS) is 18.0. The van der Waals surface area contributed by atoms with Crippen molar-refractivity contribution < 1.29 is 9.53 Å². The van der Waals surface area contributed by atoms with Crippen molar-refractivity contribution in [3.63, 3.8) is 0 Å². The fourth-order valence-electron chi connectivity index (χ4n) is 1.94. The van der Waals surface area contributed by atoms with Gasteiger partial charge < -0.3 is 20.7 Å². The van der Waals surface area contributed by atoms with E-state index in [1.54, 1.807) is 7.11 Å². The van der Waals surface area contributed by atoms with Gasteiger partial charge in [-0.1, -0.05) is 6.92 Å². The first-order valence-corrected chi connectivity index (χ1v) is 6.40. The summed E-state index contributed by atoms with van der Waals surface area (Å²) in [7, 11) is 1.58. The Hall–Kier alpha value is -2.05. The van der Waals surface area contributed by atoms with Gasteiger partial charge >= 0.3 is 0 Å². The van der Waals surface area contributed by atoms with Gasteiger partial charge in [0.2, 0.25) is 11.7 Å². The largest absolute Gasteiger partial charge is 0.490 e. The third-order valence-electron chi connectivity index (χ3n) is 2.87. The highest BCUT2D eigenvalue weighted by molar-refractivity contribution is 5.80. The Morgan fingerprint density at radius 3 is 2.89 bits per heavy atom. The topological polar surface area (TPSA) is 88.2 Å². The lowest BCUT2D eigenvalue weighted by Crippen LogP contribution is -2.23. The summed E-state index contributed by atoms with van der Waals surface area (Å²) in [5, 5.41) is 9.17. The molecule has 0 aliphatic carbocycles. The monoisotopic (exact) mass is 265 g/mol. The molecule has 0 bridgehead atoms. The van der Waals surface area contributed by atoms with Crippen molar-refractivity contribution in [2.45, 2.75) is 25.8 Å². The fourth-order valence-corrected chi connectivity index (χ4v) is 1.94. The Balaban J connectivity index is 2.12. The second-order valence-electron chi connectivity index (χ2n) is 4.38. The van der Waals surface area contributed by atoms with Gasteiger partial charge in [-0.2, -0.15) is 0 Å². The van der Waals surface area contributed by atoms with Crippen LogP contribution in [0.4, 0.5) is 11.6 Å². The zero-order valence-electron chi connectivity index (χ0n) is 11.2. The van der Waals surface area contributed by atoms with Gasteiger partial charge in [0.25, 0.3) is 0 Å². The van der Waals surface area contributed by atoms with Gasteiger partial charge in [-0.25, -0.2) is 9.97 Å². The van der Waals surface area contributed by atoms with E-state index in [-0.39, 0.29) is 11.9 Å². The first-order valence-electron chi connectivity index (χ1n) is 6.40. The van der Waals surface area contributed by atoms with Crippen LogP contribution >= 0.6 is 0 Å². The number of methoxy groups -OCH3 is 1. The van der Waals surface area contributed by atoms with E-state index in [1.807, 2.05) is 0 Å². The Morgan fingerprint density at radius 1 is 1.47 bits per heavy atom. The molecular formula is C12H19N5O2. The summed E-state index contributed by atoms with van der Waals surface area (Å²) in [6.07, 6.45) is 2.93. The van der Waals surface area contributed by atoms with Crippen LogP contribution in [-0.2, 0) is 4.79 Å². The standard InChI is InChI=1S/C12H19N5O2/c1-3-4-13-11-10(19-2)12(16-7-15-11)17-8-5-9(18)14-6-8/h7-8H,3-6H2,1-2H3,(H,14,18)(H2,13,15,16,17). The van der Waals surface area contributed by atoms with Gasteiger partial charge in [0.1, 0.15) is 6.33 Å². The summed E-state index contributed by atoms with van der Waals surface area (Å²) in [6, 6.07) is 0.0373. The molecule has 1 atom stereocenters. The van der Waals surface area contributed by atoms with Crippen LogP contribution in [0.1, 0.15) is 19.8 Å². The first kappa shape index (κ1) is 13.4. The van der Waals surface area contributed by atoms with Crippen molar-refractivity contribution >= 4 is 17.5 Å². The molecule has 1 amide bonds. The van der Waals surface area contributed by atoms with E-state index in [1.165, 1.54) is 6.33 Å². The summed E-state index contributed by atoms with van der Waals surface area (Å²) in [5.74, 6) is 1.90. The predicted molar refractivity (Wildman–Crippen MR) is 72.4 cm³/mol. The fraction of sp³-hybridized carbons (Fsp3) is 0.583. The van der Waals surface area contributed by atoms with Gasteiger partial charge in [0, 0.05) is 19.5 Å². The molecule has 0 radical (unpaired) electrons. The molecule has 104 valence electrons. The average Bonchev–Trinajstić information content (AvgIpc) is 2.82. The number of nitrogens with zero attached hydrogens (tertiary/aromatic N) is 2. The highest BCUT2D eigenvalue weighted by Crippen LogP contribution is 2.29. The summed E-state index contributed by atoms with van der Waals surface area (Å²) < 4.78 is 5.36. The zero-order valence-corrected chi connectivity index (χ0v) is 11.2. The van der Waals surface area contributed by atoms with Crippen LogP contribution in [0, 0.1) is 0 Å². The van der Waals surface area contributed by atoms with Crippen LogP contribution in [-0.4, -0.2) is 42.1 Å². The molecule has 7 heteroatoms. The van der Waals surface area contributed by atoms with Gasteiger partial charge in [0.05, 0.1) is 13.2 Å². The summed E-state index contributed by atoms with van der Waals surface area (Å²) in [5.41, 5.74) is 0. The maximum absolute atomic E-state index is 11.2. The number of anilines is 2. The number of nitrogens with one attached hydrogen (secondary N) is 3. The van der Waals surface area contributed by atoms with E-state index in [2.05, 4.69) is 32.8 Å². The number of hydrogen-bond donors (Lipinski definition) is 3. The van der Waals surface area contributed by atoms with Gasteiger partial charge in [-0.15, -0.1) is 0 Å². The maximum Gasteiger partial charge on any atom is 0.222 e. The second-order valence-corrected chi connectivity index (χ2v) is 4.38. The molecule has 2 rings (SSSR count). The molecule has 19 heavy (non-hydrogen) atoms. The Kier molecular flexibility index (Phi) is 4.38. The molecule has 2 heterocycles. The molecule has 0 saturated carbocycles. The average molecular weight is 265 g/mol. The number of carbonyl (C=O) groups is 1. The van der Waals surface area contributed by atoms with Crippen molar-refractivity contribution in [3.05, 3.63) is 6.33 Å². The summed E-state index contributed by atoms with van der Waals surface area (Å²) in [6.45, 7) is 3.50. The summed E-state index contributed by atoms with van der Waals surface area (Å²) in [4.78, 5) is 19.5. The van der Waals surface area contributed by atoms with E-state index >= 15 is 0 Å². The molecule has 1 aromatic rings. The number of ether oxygens (including phenoxy) is 1. The van der Waals surface area contributed by atoms with Crippen LogP contribution in [0.3, 0.4) is 0 Å². The molecule has 1 fully saturated rings. The molecule has 0 aromatic carbocycles. The van der Waals surface area contributed by atoms with E-state index in [0.717, 1.165) is 13.0 Å². The van der Waals surface area contributed by atoms with E-state index in [9.17, 15) is 4.79 Å². The van der Waals surface area contributed by atoms with Crippen molar-refractivity contribution in [2.24, 2.45) is 0 Å². The number of rotatable bonds is 6. The lowest BCUT2D eigenvalue weighted by Gasteiger charge is -2.16. The Morgan fingerprint density at radius 2 is 2.26 bits per heavy atom. The van der Waals surface area contributed by atoms with E-state index in [4.69, 9.17) is 4.74 Å². The van der Waals surface area contributed by atoms with Crippen molar-refractivity contribution in [1.82, 2.24) is 15.3 Å². The predicted octanol–water partition coefficient (Wildman–Crippen LogP) is 0.607. The lowest BCUT2D eigenvalue weighted by atomic mass is 10.2. The molecule has 7 nitrogen and oxygen atoms in total. The van der Waals surface area contributed by atoms with Crippen molar-refractivity contribution in [2.75, 3.05) is 30.8 Å². The van der Waals surface area contributed by atoms with Crippen LogP contribution < -0.4 is 20.7 Å². The minimum atomic E-state index is 0.0373. The Bertz CT molecular complexity index is 452. The molecule has 1 aliphatic rings. The molecule has 1 aromatic heterocycles. The number of aromatic nitrogens is 2. The lowest BCUT2D eigenvalue weighted by molar-refractivity contribution is -0.119. The van der Waals surface area contributed by atoms with Crippen LogP contribution in [0.5, 0.6) is 5.75 Å². The van der Waals surface area contributed by atoms with Crippen LogP contribution in [0.2, 0.25) is 0 Å². The number of hydrogen-bond acceptors (Lipinski definition) is 6. The quantitative estimate of drug-likeness (QED) is 0.698. The first-order chi connectivity index (χ1) is 9.24. The zero-order chi connectivity index (χ0) is 13.7. The molecule has 0 spiro atoms. The number of amides is 1. The molecule has 1 saturated heterocycles. The minimum absolute atomic E-state index is 0.0373. The van der Waals surface area contributed by atoms with Crippen molar-refractivity contribution in [3.8, 4) is 5.75 Å². The Labute approximate surface area is 112 Å². The van der Waals surface area contributed by atoms with E-state index in [0.29, 0.717) is 30.4 Å². The van der Waals surface area contributed by atoms with Gasteiger partial charge in [-0.05, 0) is 6.42 Å². The third-order valence-corrected chi connectivity index (χ3v) is 2.87. The molecule has 1 aliphatic heterocycles. The summed E-state index contributed by atoms with van der Waals surface area (Å²) >= 11 is 0. The van der Waals surface area contributed by atoms with Crippen LogP contribution in [0.15, 0.2) is 6.33 Å². The maximum atomic E-state index is 11.2. The highest BCUT2D eigenvalue weighted by Gasteiger charge is 2.23. The van der Waals surface area contributed by atoms with Crippen molar-refractivity contribution in [1.29, 1.82) is 0 Å². The second kappa shape index (κ2) is 6.21. The van der Waals surface area contributed by atoms with Gasteiger partial charge in [-0.3, -0.25) is 4.79 Å². The number of carbonyl (C=O) groups excluding carboxylic acids is 1. The molecular weight excluding hydrogens is 246 g/mol. The molecule has 3 N–H and O–H groups in total. The smallest absolute Gasteiger partial charge is 0.222 e. The minimum Gasteiger partial charge on any atom is -0.490 e. The van der Waals surface area contributed by atoms with Gasteiger partial charge in [0.15, 0.2) is 11.6 Å². The van der Waals surface area contributed by atoms with E-state index < -0.39 is 0 Å². The third kappa shape index (κ3) is 3.24.